The lowest BCUT2D eigenvalue weighted by Crippen LogP contribution is -2.12. The first kappa shape index (κ1) is 8.22. The molecule has 0 unspecified atom stereocenters. The molecule has 1 aliphatic carbocycles. The summed E-state index contributed by atoms with van der Waals surface area (Å²) >= 11 is 0. The average molecular weight is 180 g/mol. The monoisotopic (exact) mass is 180 g/mol. The van der Waals surface area contributed by atoms with Crippen LogP contribution in [0.5, 0.6) is 0 Å². The molecule has 1 amide bonds. The minimum absolute atomic E-state index is 0.0173. The molecule has 13 heavy (non-hydrogen) atoms. The number of aromatic nitrogens is 3. The third-order valence-corrected chi connectivity index (χ3v) is 2.15. The van der Waals surface area contributed by atoms with Crippen molar-refractivity contribution in [2.24, 2.45) is 5.92 Å². The number of anilines is 1. The number of amides is 1. The summed E-state index contributed by atoms with van der Waals surface area (Å²) in [5.41, 5.74) is 0. The molecule has 1 saturated carbocycles. The summed E-state index contributed by atoms with van der Waals surface area (Å²) in [5, 5.41) is 8.85. The van der Waals surface area contributed by atoms with Crippen LogP contribution in [0.3, 0.4) is 0 Å². The zero-order valence-corrected chi connectivity index (χ0v) is 7.29. The van der Waals surface area contributed by atoms with Crippen molar-refractivity contribution < 1.29 is 4.79 Å². The highest BCUT2D eigenvalue weighted by Crippen LogP contribution is 2.33. The van der Waals surface area contributed by atoms with Crippen LogP contribution >= 0.6 is 0 Å². The van der Waals surface area contributed by atoms with Gasteiger partial charge in [0.2, 0.25) is 11.9 Å². The smallest absolute Gasteiger partial charge is 0.226 e. The molecule has 70 valence electrons. The number of hydrogen-bond donors (Lipinski definition) is 2. The van der Waals surface area contributed by atoms with Gasteiger partial charge in [0.15, 0.2) is 0 Å². The van der Waals surface area contributed by atoms with Crippen LogP contribution in [0.1, 0.15) is 25.7 Å². The van der Waals surface area contributed by atoms with Crippen LogP contribution < -0.4 is 5.32 Å². The van der Waals surface area contributed by atoms with Crippen LogP contribution in [0.4, 0.5) is 5.95 Å². The molecule has 0 saturated heterocycles. The Hall–Kier alpha value is -1.39. The Balaban J connectivity index is 1.71. The van der Waals surface area contributed by atoms with Crippen LogP contribution in [-0.2, 0) is 4.79 Å². The van der Waals surface area contributed by atoms with Gasteiger partial charge in [-0.3, -0.25) is 10.1 Å². The summed E-state index contributed by atoms with van der Waals surface area (Å²) in [4.78, 5) is 15.0. The van der Waals surface area contributed by atoms with E-state index >= 15 is 0 Å². The van der Waals surface area contributed by atoms with Crippen molar-refractivity contribution in [1.29, 1.82) is 0 Å². The van der Waals surface area contributed by atoms with Crippen molar-refractivity contribution in [2.45, 2.75) is 25.7 Å². The molecule has 1 heterocycles. The SMILES string of the molecule is O=C(CCC1CC1)Nc1ncn[nH]1. The highest BCUT2D eigenvalue weighted by atomic mass is 16.1. The van der Waals surface area contributed by atoms with E-state index in [1.807, 2.05) is 0 Å². The van der Waals surface area contributed by atoms with Gasteiger partial charge in [0.1, 0.15) is 6.33 Å². The van der Waals surface area contributed by atoms with E-state index in [0.29, 0.717) is 12.4 Å². The van der Waals surface area contributed by atoms with Crippen LogP contribution in [0.2, 0.25) is 0 Å². The Labute approximate surface area is 75.9 Å². The normalized spacial score (nSPS) is 15.7. The summed E-state index contributed by atoms with van der Waals surface area (Å²) in [6.07, 6.45) is 5.53. The van der Waals surface area contributed by atoms with Crippen molar-refractivity contribution in [3.63, 3.8) is 0 Å². The number of nitrogens with zero attached hydrogens (tertiary/aromatic N) is 2. The van der Waals surface area contributed by atoms with Gasteiger partial charge in [-0.2, -0.15) is 10.1 Å². The summed E-state index contributed by atoms with van der Waals surface area (Å²) in [6, 6.07) is 0. The first-order valence-corrected chi connectivity index (χ1v) is 4.50. The van der Waals surface area contributed by atoms with E-state index in [1.165, 1.54) is 19.2 Å². The van der Waals surface area contributed by atoms with E-state index in [9.17, 15) is 4.79 Å². The highest BCUT2D eigenvalue weighted by Gasteiger charge is 2.21. The number of carbonyl (C=O) groups excluding carboxylic acids is 1. The van der Waals surface area contributed by atoms with E-state index < -0.39 is 0 Å². The van der Waals surface area contributed by atoms with Gasteiger partial charge >= 0.3 is 0 Å². The average Bonchev–Trinajstić information content (AvgIpc) is 2.82. The number of carbonyl (C=O) groups is 1. The highest BCUT2D eigenvalue weighted by molar-refractivity contribution is 5.88. The van der Waals surface area contributed by atoms with Gasteiger partial charge in [0.05, 0.1) is 0 Å². The largest absolute Gasteiger partial charge is 0.295 e. The Morgan fingerprint density at radius 1 is 1.69 bits per heavy atom. The first-order chi connectivity index (χ1) is 6.34. The van der Waals surface area contributed by atoms with Gasteiger partial charge in [-0.05, 0) is 12.3 Å². The number of rotatable bonds is 4. The number of aromatic amines is 1. The number of nitrogens with one attached hydrogen (secondary N) is 2. The Kier molecular flexibility index (Phi) is 2.25. The molecule has 0 radical (unpaired) electrons. The fraction of sp³-hybridized carbons (Fsp3) is 0.625. The molecule has 2 N–H and O–H groups in total. The lowest BCUT2D eigenvalue weighted by molar-refractivity contribution is -0.116. The first-order valence-electron chi connectivity index (χ1n) is 4.50. The lowest BCUT2D eigenvalue weighted by atomic mass is 10.2. The maximum Gasteiger partial charge on any atom is 0.226 e. The number of H-pyrrole nitrogens is 1. The Morgan fingerprint density at radius 2 is 2.54 bits per heavy atom. The molecule has 1 aromatic rings. The van der Waals surface area contributed by atoms with E-state index in [2.05, 4.69) is 20.5 Å². The molecule has 0 atom stereocenters. The van der Waals surface area contributed by atoms with Gasteiger partial charge < -0.3 is 0 Å². The summed E-state index contributed by atoms with van der Waals surface area (Å²) in [6.45, 7) is 0. The standard InChI is InChI=1S/C8H12N4O/c13-7(4-3-6-1-2-6)11-8-9-5-10-12-8/h5-6H,1-4H2,(H2,9,10,11,12,13). The van der Waals surface area contributed by atoms with Crippen LogP contribution in [-0.4, -0.2) is 21.1 Å². The van der Waals surface area contributed by atoms with Crippen molar-refractivity contribution in [1.82, 2.24) is 15.2 Å². The minimum Gasteiger partial charge on any atom is -0.295 e. The molecule has 1 fully saturated rings. The van der Waals surface area contributed by atoms with E-state index in [-0.39, 0.29) is 5.91 Å². The fourth-order valence-electron chi connectivity index (χ4n) is 1.20. The lowest BCUT2D eigenvalue weighted by Gasteiger charge is -1.99. The second-order valence-corrected chi connectivity index (χ2v) is 3.36. The molecular formula is C8H12N4O. The third kappa shape index (κ3) is 2.54. The summed E-state index contributed by atoms with van der Waals surface area (Å²) in [7, 11) is 0. The fourth-order valence-corrected chi connectivity index (χ4v) is 1.20. The molecular weight excluding hydrogens is 168 g/mol. The van der Waals surface area contributed by atoms with E-state index in [0.717, 1.165) is 12.3 Å². The molecule has 0 bridgehead atoms. The van der Waals surface area contributed by atoms with Gasteiger partial charge in [0.25, 0.3) is 0 Å². The Bertz CT molecular complexity index is 278. The zero-order valence-electron chi connectivity index (χ0n) is 7.29. The minimum atomic E-state index is 0.0173. The quantitative estimate of drug-likeness (QED) is 0.724. The predicted molar refractivity (Wildman–Crippen MR) is 47.0 cm³/mol. The Morgan fingerprint density at radius 3 is 3.15 bits per heavy atom. The van der Waals surface area contributed by atoms with Gasteiger partial charge in [-0.1, -0.05) is 12.8 Å². The maximum absolute atomic E-state index is 11.2. The van der Waals surface area contributed by atoms with Gasteiger partial charge in [-0.25, -0.2) is 5.10 Å². The molecule has 0 aliphatic heterocycles. The molecule has 1 aromatic heterocycles. The molecule has 2 rings (SSSR count). The van der Waals surface area contributed by atoms with E-state index in [1.54, 1.807) is 0 Å². The third-order valence-electron chi connectivity index (χ3n) is 2.15. The second-order valence-electron chi connectivity index (χ2n) is 3.36. The van der Waals surface area contributed by atoms with Crippen molar-refractivity contribution in [3.05, 3.63) is 6.33 Å². The summed E-state index contributed by atoms with van der Waals surface area (Å²) in [5.74, 6) is 1.24. The maximum atomic E-state index is 11.2. The van der Waals surface area contributed by atoms with Crippen LogP contribution in [0.25, 0.3) is 0 Å². The van der Waals surface area contributed by atoms with Gasteiger partial charge in [0, 0.05) is 6.42 Å². The molecule has 5 heteroatoms. The summed E-state index contributed by atoms with van der Waals surface area (Å²) < 4.78 is 0. The predicted octanol–water partition coefficient (Wildman–Crippen LogP) is 0.933. The molecule has 0 aromatic carbocycles. The van der Waals surface area contributed by atoms with Crippen LogP contribution in [0, 0.1) is 5.92 Å². The number of hydrogen-bond acceptors (Lipinski definition) is 3. The second kappa shape index (κ2) is 3.55. The van der Waals surface area contributed by atoms with Crippen LogP contribution in [0.15, 0.2) is 6.33 Å². The molecule has 0 spiro atoms. The van der Waals surface area contributed by atoms with Gasteiger partial charge in [-0.15, -0.1) is 0 Å². The van der Waals surface area contributed by atoms with Crippen molar-refractivity contribution >= 4 is 11.9 Å². The van der Waals surface area contributed by atoms with Crippen molar-refractivity contribution in [3.8, 4) is 0 Å². The zero-order chi connectivity index (χ0) is 9.10. The van der Waals surface area contributed by atoms with Crippen molar-refractivity contribution in [2.75, 3.05) is 5.32 Å². The molecule has 5 nitrogen and oxygen atoms in total. The molecule has 1 aliphatic rings. The topological polar surface area (TPSA) is 70.7 Å². The van der Waals surface area contributed by atoms with E-state index in [4.69, 9.17) is 0 Å².